The van der Waals surface area contributed by atoms with Gasteiger partial charge in [0.1, 0.15) is 0 Å². The van der Waals surface area contributed by atoms with Crippen molar-refractivity contribution in [3.63, 3.8) is 0 Å². The highest BCUT2D eigenvalue weighted by Crippen LogP contribution is 2.17. The predicted molar refractivity (Wildman–Crippen MR) is 42.0 cm³/mol. The van der Waals surface area contributed by atoms with Crippen LogP contribution in [0.3, 0.4) is 0 Å². The molecule has 0 aromatic carbocycles. The quantitative estimate of drug-likeness (QED) is 0.611. The molecule has 1 fully saturated rings. The van der Waals surface area contributed by atoms with Crippen molar-refractivity contribution in [1.82, 2.24) is 0 Å². The summed E-state index contributed by atoms with van der Waals surface area (Å²) in [5.41, 5.74) is 0. The SMILES string of the molecule is BrCC[C@@H]1CCCOC1. The van der Waals surface area contributed by atoms with Gasteiger partial charge in [0.15, 0.2) is 0 Å². The van der Waals surface area contributed by atoms with E-state index in [1.54, 1.807) is 0 Å². The molecule has 0 aromatic rings. The summed E-state index contributed by atoms with van der Waals surface area (Å²) >= 11 is 3.43. The molecule has 2 heteroatoms. The largest absolute Gasteiger partial charge is 0.381 e. The fourth-order valence-corrected chi connectivity index (χ4v) is 1.84. The van der Waals surface area contributed by atoms with Crippen molar-refractivity contribution in [1.29, 1.82) is 0 Å². The molecule has 1 atom stereocenters. The highest BCUT2D eigenvalue weighted by Gasteiger charge is 2.11. The van der Waals surface area contributed by atoms with Crippen LogP contribution in [0.5, 0.6) is 0 Å². The van der Waals surface area contributed by atoms with E-state index in [0.717, 1.165) is 24.5 Å². The van der Waals surface area contributed by atoms with Gasteiger partial charge in [-0.1, -0.05) is 15.9 Å². The van der Waals surface area contributed by atoms with Crippen molar-refractivity contribution in [2.45, 2.75) is 19.3 Å². The van der Waals surface area contributed by atoms with Crippen LogP contribution in [-0.2, 0) is 4.74 Å². The van der Waals surface area contributed by atoms with E-state index in [1.165, 1.54) is 19.3 Å². The lowest BCUT2D eigenvalue weighted by Crippen LogP contribution is -2.17. The van der Waals surface area contributed by atoms with Gasteiger partial charge in [-0.15, -0.1) is 0 Å². The summed E-state index contributed by atoms with van der Waals surface area (Å²) in [5.74, 6) is 0.832. The molecule has 0 amide bonds. The molecule has 0 spiro atoms. The Kier molecular flexibility index (Phi) is 3.59. The van der Waals surface area contributed by atoms with Crippen LogP contribution in [0.1, 0.15) is 19.3 Å². The summed E-state index contributed by atoms with van der Waals surface area (Å²) in [6.45, 7) is 1.98. The first-order chi connectivity index (χ1) is 4.43. The average molecular weight is 193 g/mol. The smallest absolute Gasteiger partial charge is 0.0494 e. The van der Waals surface area contributed by atoms with Gasteiger partial charge >= 0.3 is 0 Å². The summed E-state index contributed by atoms with van der Waals surface area (Å²) in [6, 6.07) is 0. The van der Waals surface area contributed by atoms with E-state index >= 15 is 0 Å². The van der Waals surface area contributed by atoms with Crippen molar-refractivity contribution in [2.24, 2.45) is 5.92 Å². The first kappa shape index (κ1) is 7.55. The molecule has 54 valence electrons. The Morgan fingerprint density at radius 1 is 1.56 bits per heavy atom. The number of halogens is 1. The minimum absolute atomic E-state index is 0.832. The molecule has 9 heavy (non-hydrogen) atoms. The van der Waals surface area contributed by atoms with Crippen molar-refractivity contribution in [2.75, 3.05) is 18.5 Å². The Morgan fingerprint density at radius 2 is 2.44 bits per heavy atom. The summed E-state index contributed by atoms with van der Waals surface area (Å²) in [4.78, 5) is 0. The van der Waals surface area contributed by atoms with Gasteiger partial charge in [-0.3, -0.25) is 0 Å². The van der Waals surface area contributed by atoms with Gasteiger partial charge in [0.25, 0.3) is 0 Å². The van der Waals surface area contributed by atoms with Crippen LogP contribution in [0, 0.1) is 5.92 Å². The molecule has 1 rings (SSSR count). The third-order valence-corrected chi connectivity index (χ3v) is 2.23. The van der Waals surface area contributed by atoms with Gasteiger partial charge in [-0.25, -0.2) is 0 Å². The predicted octanol–water partition coefficient (Wildman–Crippen LogP) is 2.20. The van der Waals surface area contributed by atoms with E-state index in [0.29, 0.717) is 0 Å². The van der Waals surface area contributed by atoms with E-state index in [2.05, 4.69) is 15.9 Å². The highest BCUT2D eigenvalue weighted by atomic mass is 79.9. The van der Waals surface area contributed by atoms with Crippen LogP contribution in [0.15, 0.2) is 0 Å². The van der Waals surface area contributed by atoms with Crippen molar-refractivity contribution >= 4 is 15.9 Å². The number of rotatable bonds is 2. The van der Waals surface area contributed by atoms with Crippen LogP contribution in [0.25, 0.3) is 0 Å². The Balaban J connectivity index is 2.08. The number of hydrogen-bond acceptors (Lipinski definition) is 1. The molecular formula is C7H13BrO. The van der Waals surface area contributed by atoms with E-state index in [9.17, 15) is 0 Å². The molecular weight excluding hydrogens is 180 g/mol. The second-order valence-corrected chi connectivity index (χ2v) is 3.35. The normalized spacial score (nSPS) is 28.3. The standard InChI is InChI=1S/C7H13BrO/c8-4-3-7-2-1-5-9-6-7/h7H,1-6H2/t7-/m0/s1. The topological polar surface area (TPSA) is 9.23 Å². The maximum absolute atomic E-state index is 5.31. The lowest BCUT2D eigenvalue weighted by Gasteiger charge is -2.20. The van der Waals surface area contributed by atoms with Crippen LogP contribution in [0.4, 0.5) is 0 Å². The maximum Gasteiger partial charge on any atom is 0.0494 e. The van der Waals surface area contributed by atoms with Gasteiger partial charge in [-0.2, -0.15) is 0 Å². The van der Waals surface area contributed by atoms with Crippen molar-refractivity contribution in [3.05, 3.63) is 0 Å². The van der Waals surface area contributed by atoms with Gasteiger partial charge in [0, 0.05) is 18.5 Å². The molecule has 0 aliphatic carbocycles. The number of alkyl halides is 1. The summed E-state index contributed by atoms with van der Waals surface area (Å²) in [5, 5.41) is 1.13. The van der Waals surface area contributed by atoms with Crippen LogP contribution in [-0.4, -0.2) is 18.5 Å². The Labute approximate surface area is 64.9 Å². The molecule has 0 radical (unpaired) electrons. The third-order valence-electron chi connectivity index (χ3n) is 1.77. The second kappa shape index (κ2) is 4.29. The summed E-state index contributed by atoms with van der Waals surface area (Å²) in [7, 11) is 0. The zero-order valence-electron chi connectivity index (χ0n) is 5.61. The van der Waals surface area contributed by atoms with E-state index in [-0.39, 0.29) is 0 Å². The molecule has 1 heterocycles. The van der Waals surface area contributed by atoms with E-state index in [1.807, 2.05) is 0 Å². The first-order valence-corrected chi connectivity index (χ1v) is 4.69. The fourth-order valence-electron chi connectivity index (χ4n) is 1.19. The molecule has 0 saturated carbocycles. The molecule has 1 aliphatic heterocycles. The molecule has 1 aliphatic rings. The van der Waals surface area contributed by atoms with Gasteiger partial charge in [0.2, 0.25) is 0 Å². The average Bonchev–Trinajstić information content (AvgIpc) is 1.91. The van der Waals surface area contributed by atoms with Crippen molar-refractivity contribution in [3.8, 4) is 0 Å². The van der Waals surface area contributed by atoms with Crippen LogP contribution in [0.2, 0.25) is 0 Å². The summed E-state index contributed by atoms with van der Waals surface area (Å²) < 4.78 is 5.31. The third kappa shape index (κ3) is 2.67. The minimum atomic E-state index is 0.832. The van der Waals surface area contributed by atoms with E-state index in [4.69, 9.17) is 4.74 Å². The van der Waals surface area contributed by atoms with Gasteiger partial charge in [0.05, 0.1) is 0 Å². The van der Waals surface area contributed by atoms with Crippen molar-refractivity contribution < 1.29 is 4.74 Å². The maximum atomic E-state index is 5.31. The molecule has 1 saturated heterocycles. The fraction of sp³-hybridized carbons (Fsp3) is 1.00. The Bertz CT molecular complexity index is 66.6. The molecule has 0 unspecified atom stereocenters. The van der Waals surface area contributed by atoms with Crippen LogP contribution < -0.4 is 0 Å². The Morgan fingerprint density at radius 3 is 3.00 bits per heavy atom. The van der Waals surface area contributed by atoms with E-state index < -0.39 is 0 Å². The van der Waals surface area contributed by atoms with Crippen LogP contribution >= 0.6 is 15.9 Å². The monoisotopic (exact) mass is 192 g/mol. The number of ether oxygens (including phenoxy) is 1. The van der Waals surface area contributed by atoms with Gasteiger partial charge in [-0.05, 0) is 25.2 Å². The highest BCUT2D eigenvalue weighted by molar-refractivity contribution is 9.09. The molecule has 1 nitrogen and oxygen atoms in total. The summed E-state index contributed by atoms with van der Waals surface area (Å²) in [6.07, 6.45) is 3.91. The lowest BCUT2D eigenvalue weighted by atomic mass is 10.00. The molecule has 0 aromatic heterocycles. The molecule has 0 N–H and O–H groups in total. The zero-order chi connectivity index (χ0) is 6.53. The van der Waals surface area contributed by atoms with Gasteiger partial charge < -0.3 is 4.74 Å². The lowest BCUT2D eigenvalue weighted by molar-refractivity contribution is 0.0541. The number of hydrogen-bond donors (Lipinski definition) is 0. The molecule has 0 bridgehead atoms. The second-order valence-electron chi connectivity index (χ2n) is 2.56. The zero-order valence-corrected chi connectivity index (χ0v) is 7.19. The first-order valence-electron chi connectivity index (χ1n) is 3.57. The Hall–Kier alpha value is 0.440. The minimum Gasteiger partial charge on any atom is -0.381 e.